The van der Waals surface area contributed by atoms with Gasteiger partial charge < -0.3 is 25.0 Å². The monoisotopic (exact) mass is 385 g/mol. The number of nitrogens with one attached hydrogen (secondary N) is 2. The van der Waals surface area contributed by atoms with Gasteiger partial charge in [-0.05, 0) is 32.0 Å². The first-order valence-corrected chi connectivity index (χ1v) is 8.53. The first-order chi connectivity index (χ1) is 12.1. The highest BCUT2D eigenvalue weighted by Gasteiger charge is 2.28. The van der Waals surface area contributed by atoms with Crippen molar-refractivity contribution in [3.8, 4) is 11.5 Å². The molecular formula is C18H28ClN3O4. The third-order valence-electron chi connectivity index (χ3n) is 4.43. The highest BCUT2D eigenvalue weighted by Crippen LogP contribution is 2.25. The number of hydrogen-bond donors (Lipinski definition) is 2. The number of ether oxygens (including phenoxy) is 2. The van der Waals surface area contributed by atoms with Gasteiger partial charge in [-0.2, -0.15) is 0 Å². The lowest BCUT2D eigenvalue weighted by Crippen LogP contribution is -2.43. The highest BCUT2D eigenvalue weighted by molar-refractivity contribution is 5.95. The molecule has 2 N–H and O–H groups in total. The summed E-state index contributed by atoms with van der Waals surface area (Å²) in [6, 6.07) is 5.15. The van der Waals surface area contributed by atoms with Crippen LogP contribution in [0.5, 0.6) is 11.5 Å². The number of likely N-dealkylation sites (tertiary alicyclic amines) is 1. The molecule has 2 amide bonds. The number of rotatable bonds is 7. The third-order valence-corrected chi connectivity index (χ3v) is 4.43. The molecule has 0 aromatic heterocycles. The molecule has 2 rings (SSSR count). The van der Waals surface area contributed by atoms with E-state index >= 15 is 0 Å². The summed E-state index contributed by atoms with van der Waals surface area (Å²) in [5, 5.41) is 5.92. The van der Waals surface area contributed by atoms with Crippen molar-refractivity contribution in [1.29, 1.82) is 0 Å². The predicted octanol–water partition coefficient (Wildman–Crippen LogP) is 1.31. The van der Waals surface area contributed by atoms with Crippen molar-refractivity contribution in [1.82, 2.24) is 15.5 Å². The fraction of sp³-hybridized carbons (Fsp3) is 0.556. The molecular weight excluding hydrogens is 358 g/mol. The van der Waals surface area contributed by atoms with Crippen LogP contribution in [-0.2, 0) is 4.79 Å². The summed E-state index contributed by atoms with van der Waals surface area (Å²) in [7, 11) is 4.96. The van der Waals surface area contributed by atoms with E-state index in [1.54, 1.807) is 37.3 Å². The Morgan fingerprint density at radius 3 is 2.15 bits per heavy atom. The lowest BCUT2D eigenvalue weighted by molar-refractivity contribution is -0.126. The molecule has 8 heteroatoms. The lowest BCUT2D eigenvalue weighted by Gasteiger charge is -2.31. The molecule has 0 unspecified atom stereocenters. The van der Waals surface area contributed by atoms with Crippen molar-refractivity contribution >= 4 is 24.2 Å². The van der Waals surface area contributed by atoms with Crippen molar-refractivity contribution in [3.63, 3.8) is 0 Å². The van der Waals surface area contributed by atoms with Crippen LogP contribution in [0.2, 0.25) is 0 Å². The van der Waals surface area contributed by atoms with E-state index in [2.05, 4.69) is 10.6 Å². The lowest BCUT2D eigenvalue weighted by atomic mass is 9.95. The van der Waals surface area contributed by atoms with Gasteiger partial charge in [0.25, 0.3) is 5.91 Å². The summed E-state index contributed by atoms with van der Waals surface area (Å²) in [6.07, 6.45) is 1.36. The molecule has 0 spiro atoms. The maximum absolute atomic E-state index is 12.7. The number of halogens is 1. The maximum Gasteiger partial charge on any atom is 0.254 e. The largest absolute Gasteiger partial charge is 0.497 e. The van der Waals surface area contributed by atoms with Crippen LogP contribution >= 0.6 is 12.4 Å². The molecule has 0 bridgehead atoms. The molecule has 0 aliphatic carbocycles. The van der Waals surface area contributed by atoms with E-state index in [9.17, 15) is 9.59 Å². The summed E-state index contributed by atoms with van der Waals surface area (Å²) < 4.78 is 10.4. The van der Waals surface area contributed by atoms with E-state index in [-0.39, 0.29) is 30.1 Å². The van der Waals surface area contributed by atoms with Crippen LogP contribution in [0.1, 0.15) is 23.2 Å². The van der Waals surface area contributed by atoms with Gasteiger partial charge in [0.05, 0.1) is 14.2 Å². The van der Waals surface area contributed by atoms with Crippen molar-refractivity contribution in [2.75, 3.05) is 47.4 Å². The second kappa shape index (κ2) is 10.9. The van der Waals surface area contributed by atoms with E-state index in [0.29, 0.717) is 49.5 Å². The second-order valence-corrected chi connectivity index (χ2v) is 6.06. The van der Waals surface area contributed by atoms with Crippen LogP contribution in [-0.4, -0.2) is 64.2 Å². The number of methoxy groups -OCH3 is 2. The van der Waals surface area contributed by atoms with Gasteiger partial charge in [-0.15, -0.1) is 12.4 Å². The Labute approximate surface area is 160 Å². The number of carbonyl (C=O) groups excluding carboxylic acids is 2. The Morgan fingerprint density at radius 2 is 1.65 bits per heavy atom. The van der Waals surface area contributed by atoms with Crippen LogP contribution in [0.25, 0.3) is 0 Å². The molecule has 1 aliphatic heterocycles. The SMILES string of the molecule is CNCCNC(=O)C1CCN(C(=O)c2cc(OC)cc(OC)c2)CC1.Cl. The molecule has 1 fully saturated rings. The van der Waals surface area contributed by atoms with Gasteiger partial charge >= 0.3 is 0 Å². The molecule has 1 aliphatic rings. The van der Waals surface area contributed by atoms with Gasteiger partial charge in [0.2, 0.25) is 5.91 Å². The highest BCUT2D eigenvalue weighted by atomic mass is 35.5. The number of amides is 2. The molecule has 146 valence electrons. The van der Waals surface area contributed by atoms with E-state index in [4.69, 9.17) is 9.47 Å². The summed E-state index contributed by atoms with van der Waals surface area (Å²) in [5.41, 5.74) is 0.535. The standard InChI is InChI=1S/C18H27N3O4.ClH/c1-19-6-7-20-17(22)13-4-8-21(9-5-13)18(23)14-10-15(24-2)12-16(11-14)25-3;/h10-13,19H,4-9H2,1-3H3,(H,20,22);1H. The Morgan fingerprint density at radius 1 is 1.08 bits per heavy atom. The smallest absolute Gasteiger partial charge is 0.254 e. The maximum atomic E-state index is 12.7. The average molecular weight is 386 g/mol. The van der Waals surface area contributed by atoms with Crippen LogP contribution in [0.3, 0.4) is 0 Å². The zero-order chi connectivity index (χ0) is 18.2. The number of likely N-dealkylation sites (N-methyl/N-ethyl adjacent to an activating group) is 1. The van der Waals surface area contributed by atoms with E-state index in [0.717, 1.165) is 6.54 Å². The minimum atomic E-state index is -0.0637. The zero-order valence-electron chi connectivity index (χ0n) is 15.5. The fourth-order valence-electron chi connectivity index (χ4n) is 2.91. The number of benzene rings is 1. The Bertz CT molecular complexity index is 582. The van der Waals surface area contributed by atoms with Gasteiger partial charge in [-0.25, -0.2) is 0 Å². The van der Waals surface area contributed by atoms with Crippen molar-refractivity contribution < 1.29 is 19.1 Å². The third kappa shape index (κ3) is 5.78. The van der Waals surface area contributed by atoms with Gasteiger partial charge in [0.1, 0.15) is 11.5 Å². The molecule has 1 aromatic rings. The number of nitrogens with zero attached hydrogens (tertiary/aromatic N) is 1. The molecule has 0 atom stereocenters. The second-order valence-electron chi connectivity index (χ2n) is 6.06. The molecule has 1 saturated heterocycles. The van der Waals surface area contributed by atoms with Crippen molar-refractivity contribution in [2.24, 2.45) is 5.92 Å². The molecule has 1 aromatic carbocycles. The normalized spacial score (nSPS) is 14.3. The van der Waals surface area contributed by atoms with Crippen LogP contribution in [0.15, 0.2) is 18.2 Å². The van der Waals surface area contributed by atoms with E-state index < -0.39 is 0 Å². The number of carbonyl (C=O) groups is 2. The number of hydrogen-bond acceptors (Lipinski definition) is 5. The Hall–Kier alpha value is -1.99. The van der Waals surface area contributed by atoms with Crippen LogP contribution in [0, 0.1) is 5.92 Å². The quantitative estimate of drug-likeness (QED) is 0.692. The first kappa shape index (κ1) is 22.1. The van der Waals surface area contributed by atoms with Gasteiger partial charge in [-0.1, -0.05) is 0 Å². The molecule has 0 saturated carbocycles. The summed E-state index contributed by atoms with van der Waals surface area (Å²) in [4.78, 5) is 26.6. The topological polar surface area (TPSA) is 79.9 Å². The Balaban J connectivity index is 0.00000338. The van der Waals surface area contributed by atoms with Crippen molar-refractivity contribution in [2.45, 2.75) is 12.8 Å². The predicted molar refractivity (Wildman–Crippen MR) is 102 cm³/mol. The van der Waals surface area contributed by atoms with E-state index in [1.165, 1.54) is 0 Å². The van der Waals surface area contributed by atoms with Crippen molar-refractivity contribution in [3.05, 3.63) is 23.8 Å². The fourth-order valence-corrected chi connectivity index (χ4v) is 2.91. The van der Waals surface area contributed by atoms with Gasteiger partial charge in [-0.3, -0.25) is 9.59 Å². The average Bonchev–Trinajstić information content (AvgIpc) is 2.67. The van der Waals surface area contributed by atoms with E-state index in [1.807, 2.05) is 7.05 Å². The summed E-state index contributed by atoms with van der Waals surface area (Å²) in [6.45, 7) is 2.52. The number of piperidine rings is 1. The first-order valence-electron chi connectivity index (χ1n) is 8.53. The van der Waals surface area contributed by atoms with Crippen LogP contribution in [0.4, 0.5) is 0 Å². The molecule has 26 heavy (non-hydrogen) atoms. The minimum absolute atomic E-state index is 0. The minimum Gasteiger partial charge on any atom is -0.497 e. The summed E-state index contributed by atoms with van der Waals surface area (Å²) >= 11 is 0. The zero-order valence-corrected chi connectivity index (χ0v) is 16.4. The Kier molecular flexibility index (Phi) is 9.23. The van der Waals surface area contributed by atoms with Gasteiger partial charge in [0.15, 0.2) is 0 Å². The van der Waals surface area contributed by atoms with Crippen LogP contribution < -0.4 is 20.1 Å². The molecule has 0 radical (unpaired) electrons. The molecule has 1 heterocycles. The van der Waals surface area contributed by atoms with Gasteiger partial charge in [0, 0.05) is 43.7 Å². The molecule has 7 nitrogen and oxygen atoms in total. The summed E-state index contributed by atoms with van der Waals surface area (Å²) in [5.74, 6) is 1.15.